The van der Waals surface area contributed by atoms with Crippen LogP contribution in [0.25, 0.3) is 0 Å². The van der Waals surface area contributed by atoms with Gasteiger partial charge in [0.25, 0.3) is 5.91 Å². The number of nitrogens with zero attached hydrogens (tertiary/aromatic N) is 1. The van der Waals surface area contributed by atoms with E-state index in [1.165, 1.54) is 0 Å². The number of hydrogen-bond donors (Lipinski definition) is 1. The second-order valence-corrected chi connectivity index (χ2v) is 4.90. The smallest absolute Gasteiger partial charge is 0.254 e. The van der Waals surface area contributed by atoms with Crippen LogP contribution in [0, 0.1) is 0 Å². The van der Waals surface area contributed by atoms with E-state index in [1.54, 1.807) is 32.9 Å². The summed E-state index contributed by atoms with van der Waals surface area (Å²) in [7, 11) is 3.32. The van der Waals surface area contributed by atoms with Crippen molar-refractivity contribution in [3.8, 4) is 0 Å². The molecule has 0 spiro atoms. The minimum absolute atomic E-state index is 0.0387. The molecule has 0 aliphatic carbocycles. The minimum atomic E-state index is -0.791. The molecular weight excluding hydrogens is 228 g/mol. The van der Waals surface area contributed by atoms with E-state index >= 15 is 0 Å². The van der Waals surface area contributed by atoms with Crippen LogP contribution in [0.15, 0.2) is 24.3 Å². The lowest BCUT2D eigenvalue weighted by Crippen LogP contribution is -2.44. The molecule has 18 heavy (non-hydrogen) atoms. The van der Waals surface area contributed by atoms with Crippen molar-refractivity contribution < 1.29 is 9.53 Å². The van der Waals surface area contributed by atoms with Crippen LogP contribution in [-0.4, -0.2) is 30.6 Å². The molecule has 1 amide bonds. The molecule has 0 aromatic heterocycles. The monoisotopic (exact) mass is 250 g/mol. The van der Waals surface area contributed by atoms with Crippen LogP contribution in [0.4, 0.5) is 0 Å². The van der Waals surface area contributed by atoms with Crippen molar-refractivity contribution in [2.75, 3.05) is 14.2 Å². The van der Waals surface area contributed by atoms with Crippen LogP contribution in [0.3, 0.4) is 0 Å². The first kappa shape index (κ1) is 14.7. The Kier molecular flexibility index (Phi) is 4.87. The van der Waals surface area contributed by atoms with Crippen molar-refractivity contribution in [2.24, 2.45) is 5.73 Å². The average molecular weight is 250 g/mol. The molecule has 0 fully saturated rings. The van der Waals surface area contributed by atoms with Crippen LogP contribution in [0.2, 0.25) is 0 Å². The number of nitrogens with two attached hydrogens (primary N) is 1. The quantitative estimate of drug-likeness (QED) is 0.862. The van der Waals surface area contributed by atoms with Crippen molar-refractivity contribution in [3.63, 3.8) is 0 Å². The Morgan fingerprint density at radius 2 is 2.00 bits per heavy atom. The third kappa shape index (κ3) is 3.55. The molecule has 1 rings (SSSR count). The standard InChI is InChI=1S/C14H22N2O2/c1-14(2,18-4)13(17)16(3)10-12-7-5-6-11(8-12)9-15/h5-8H,9-10,15H2,1-4H3. The van der Waals surface area contributed by atoms with E-state index in [0.29, 0.717) is 13.1 Å². The predicted octanol–water partition coefficient (Wildman–Crippen LogP) is 1.53. The van der Waals surface area contributed by atoms with E-state index in [0.717, 1.165) is 11.1 Å². The molecule has 4 heteroatoms. The number of methoxy groups -OCH3 is 1. The van der Waals surface area contributed by atoms with E-state index in [4.69, 9.17) is 10.5 Å². The summed E-state index contributed by atoms with van der Waals surface area (Å²) in [5, 5.41) is 0. The SMILES string of the molecule is COC(C)(C)C(=O)N(C)Cc1cccc(CN)c1. The van der Waals surface area contributed by atoms with Gasteiger partial charge in [-0.2, -0.15) is 0 Å². The van der Waals surface area contributed by atoms with Crippen molar-refractivity contribution in [3.05, 3.63) is 35.4 Å². The summed E-state index contributed by atoms with van der Waals surface area (Å²) in [5.41, 5.74) is 6.95. The van der Waals surface area contributed by atoms with Gasteiger partial charge in [0.05, 0.1) is 0 Å². The normalized spacial score (nSPS) is 11.4. The van der Waals surface area contributed by atoms with Crippen molar-refractivity contribution in [2.45, 2.75) is 32.5 Å². The number of carbonyl (C=O) groups excluding carboxylic acids is 1. The lowest BCUT2D eigenvalue weighted by Gasteiger charge is -2.28. The van der Waals surface area contributed by atoms with Gasteiger partial charge in [0, 0.05) is 27.2 Å². The first-order valence-electron chi connectivity index (χ1n) is 5.99. The molecule has 0 saturated carbocycles. The highest BCUT2D eigenvalue weighted by molar-refractivity contribution is 5.84. The average Bonchev–Trinajstić information content (AvgIpc) is 2.37. The maximum atomic E-state index is 12.1. The van der Waals surface area contributed by atoms with Crippen molar-refractivity contribution in [1.29, 1.82) is 0 Å². The third-order valence-electron chi connectivity index (χ3n) is 3.02. The summed E-state index contributed by atoms with van der Waals surface area (Å²) in [6.45, 7) is 4.60. The zero-order valence-electron chi connectivity index (χ0n) is 11.6. The van der Waals surface area contributed by atoms with Crippen molar-refractivity contribution in [1.82, 2.24) is 4.90 Å². The zero-order chi connectivity index (χ0) is 13.8. The van der Waals surface area contributed by atoms with E-state index in [2.05, 4.69) is 0 Å². The highest BCUT2D eigenvalue weighted by Gasteiger charge is 2.29. The maximum absolute atomic E-state index is 12.1. The lowest BCUT2D eigenvalue weighted by molar-refractivity contribution is -0.150. The number of carbonyl (C=O) groups is 1. The number of benzene rings is 1. The molecule has 0 radical (unpaired) electrons. The number of hydrogen-bond acceptors (Lipinski definition) is 3. The van der Waals surface area contributed by atoms with E-state index in [-0.39, 0.29) is 5.91 Å². The van der Waals surface area contributed by atoms with Gasteiger partial charge in [-0.15, -0.1) is 0 Å². The number of amides is 1. The van der Waals surface area contributed by atoms with Gasteiger partial charge < -0.3 is 15.4 Å². The maximum Gasteiger partial charge on any atom is 0.254 e. The molecule has 0 aliphatic rings. The Balaban J connectivity index is 2.75. The summed E-state index contributed by atoms with van der Waals surface area (Å²) in [4.78, 5) is 13.8. The fraction of sp³-hybridized carbons (Fsp3) is 0.500. The summed E-state index contributed by atoms with van der Waals surface area (Å²) < 4.78 is 5.19. The summed E-state index contributed by atoms with van der Waals surface area (Å²) in [6, 6.07) is 7.94. The van der Waals surface area contributed by atoms with Crippen LogP contribution < -0.4 is 5.73 Å². The van der Waals surface area contributed by atoms with Gasteiger partial charge in [-0.25, -0.2) is 0 Å². The molecular formula is C14H22N2O2. The van der Waals surface area contributed by atoms with Gasteiger partial charge in [0.1, 0.15) is 5.60 Å². The molecule has 1 aromatic carbocycles. The van der Waals surface area contributed by atoms with Crippen LogP contribution in [0.1, 0.15) is 25.0 Å². The van der Waals surface area contributed by atoms with Crippen LogP contribution >= 0.6 is 0 Å². The first-order valence-corrected chi connectivity index (χ1v) is 5.99. The second kappa shape index (κ2) is 5.98. The molecule has 0 aliphatic heterocycles. The Bertz CT molecular complexity index is 416. The van der Waals surface area contributed by atoms with E-state index in [1.807, 2.05) is 24.3 Å². The Hall–Kier alpha value is -1.39. The van der Waals surface area contributed by atoms with Gasteiger partial charge in [-0.3, -0.25) is 4.79 Å². The minimum Gasteiger partial charge on any atom is -0.369 e. The zero-order valence-corrected chi connectivity index (χ0v) is 11.6. The third-order valence-corrected chi connectivity index (χ3v) is 3.02. The molecule has 1 aromatic rings. The Morgan fingerprint density at radius 1 is 1.39 bits per heavy atom. The molecule has 0 heterocycles. The highest BCUT2D eigenvalue weighted by atomic mass is 16.5. The van der Waals surface area contributed by atoms with Gasteiger partial charge in [-0.1, -0.05) is 24.3 Å². The largest absolute Gasteiger partial charge is 0.369 e. The van der Waals surface area contributed by atoms with Gasteiger partial charge in [0.2, 0.25) is 0 Å². The molecule has 100 valence electrons. The summed E-state index contributed by atoms with van der Waals surface area (Å²) in [6.07, 6.45) is 0. The molecule has 0 bridgehead atoms. The van der Waals surface area contributed by atoms with Crippen LogP contribution in [-0.2, 0) is 22.6 Å². The fourth-order valence-corrected chi connectivity index (χ4v) is 1.75. The summed E-state index contributed by atoms with van der Waals surface area (Å²) >= 11 is 0. The number of rotatable bonds is 5. The lowest BCUT2D eigenvalue weighted by atomic mass is 10.1. The Morgan fingerprint density at radius 3 is 2.56 bits per heavy atom. The van der Waals surface area contributed by atoms with E-state index < -0.39 is 5.60 Å². The highest BCUT2D eigenvalue weighted by Crippen LogP contribution is 2.14. The first-order chi connectivity index (χ1) is 8.40. The van der Waals surface area contributed by atoms with Crippen molar-refractivity contribution >= 4 is 5.91 Å². The number of likely N-dealkylation sites (N-methyl/N-ethyl adjacent to an activating group) is 1. The van der Waals surface area contributed by atoms with Gasteiger partial charge in [-0.05, 0) is 25.0 Å². The predicted molar refractivity (Wildman–Crippen MR) is 71.9 cm³/mol. The fourth-order valence-electron chi connectivity index (χ4n) is 1.75. The number of ether oxygens (including phenoxy) is 1. The molecule has 0 saturated heterocycles. The molecule has 0 unspecified atom stereocenters. The topological polar surface area (TPSA) is 55.6 Å². The molecule has 4 nitrogen and oxygen atoms in total. The molecule has 0 atom stereocenters. The van der Waals surface area contributed by atoms with Gasteiger partial charge in [0.15, 0.2) is 0 Å². The second-order valence-electron chi connectivity index (χ2n) is 4.90. The van der Waals surface area contributed by atoms with E-state index in [9.17, 15) is 4.79 Å². The Labute approximate surface area is 109 Å². The van der Waals surface area contributed by atoms with Crippen LogP contribution in [0.5, 0.6) is 0 Å². The summed E-state index contributed by atoms with van der Waals surface area (Å²) in [5.74, 6) is -0.0387. The van der Waals surface area contributed by atoms with Gasteiger partial charge >= 0.3 is 0 Å². The molecule has 2 N–H and O–H groups in total.